The molecule has 1 aliphatic rings. The minimum Gasteiger partial charge on any atom is -0.420 e. The molecule has 4 N–H and O–H groups in total. The molecule has 390 valence electrons. The number of fused-ring (bicyclic) bond motifs is 1. The Balaban J connectivity index is 0.964. The minimum absolute atomic E-state index is 0.0136. The Labute approximate surface area is 402 Å². The van der Waals surface area contributed by atoms with E-state index in [2.05, 4.69) is 20.4 Å². The predicted molar refractivity (Wildman–Crippen MR) is 242 cm³/mol. The molecule has 0 unspecified atom stereocenters. The lowest BCUT2D eigenvalue weighted by Gasteiger charge is -2.22. The number of nitrogens with two attached hydrogens (primary N) is 1. The molecule has 0 bridgehead atoms. The maximum Gasteiger partial charge on any atom is 0.314 e. The van der Waals surface area contributed by atoms with E-state index in [0.717, 1.165) is 10.6 Å². The van der Waals surface area contributed by atoms with Crippen LogP contribution in [0.25, 0.3) is 6.08 Å². The van der Waals surface area contributed by atoms with Crippen LogP contribution in [0, 0.1) is 23.3 Å². The zero-order valence-electron chi connectivity index (χ0n) is 38.9. The summed E-state index contributed by atoms with van der Waals surface area (Å²) in [6.07, 6.45) is 2.31. The number of thiophene rings is 1. The van der Waals surface area contributed by atoms with Crippen LogP contribution in [0.5, 0.6) is 5.75 Å². The Morgan fingerprint density at radius 3 is 1.55 bits per heavy atom. The lowest BCUT2D eigenvalue weighted by molar-refractivity contribution is -0.181. The van der Waals surface area contributed by atoms with Crippen molar-refractivity contribution >= 4 is 46.8 Å². The molecule has 1 aliphatic heterocycles. The number of hydrogen-bond acceptors (Lipinski definition) is 18. The highest BCUT2D eigenvalue weighted by molar-refractivity contribution is 7.11. The van der Waals surface area contributed by atoms with Gasteiger partial charge in [0.2, 0.25) is 17.4 Å². The van der Waals surface area contributed by atoms with Crippen molar-refractivity contribution < 1.29 is 88.9 Å². The van der Waals surface area contributed by atoms with Crippen LogP contribution in [-0.4, -0.2) is 187 Å². The Morgan fingerprint density at radius 2 is 1.09 bits per heavy atom. The number of amidine groups is 1. The number of carbonyl (C=O) groups excluding carboxylic acids is 3. The molecular weight excluding hydrogens is 947 g/mol. The number of nitrogens with zero attached hydrogens (tertiary/aromatic N) is 2. The van der Waals surface area contributed by atoms with Gasteiger partial charge in [-0.3, -0.25) is 14.4 Å². The van der Waals surface area contributed by atoms with E-state index in [1.807, 2.05) is 18.4 Å². The lowest BCUT2D eigenvalue weighted by Crippen LogP contribution is -2.41. The quantitative estimate of drug-likeness (QED) is 0.0216. The molecule has 3 amide bonds. The molecule has 1 aromatic heterocycles. The first-order chi connectivity index (χ1) is 33.6. The van der Waals surface area contributed by atoms with Crippen molar-refractivity contribution in [3.05, 3.63) is 51.2 Å². The van der Waals surface area contributed by atoms with Gasteiger partial charge in [-0.1, -0.05) is 6.92 Å². The summed E-state index contributed by atoms with van der Waals surface area (Å²) in [4.78, 5) is 48.0. The fourth-order valence-corrected chi connectivity index (χ4v) is 6.29. The second-order valence-corrected chi connectivity index (χ2v) is 15.1. The summed E-state index contributed by atoms with van der Waals surface area (Å²) < 4.78 is 112. The first kappa shape index (κ1) is 58.9. The van der Waals surface area contributed by atoms with Gasteiger partial charge in [0, 0.05) is 37.7 Å². The number of carbonyl (C=O) groups is 3. The molecule has 20 nitrogen and oxygen atoms in total. The van der Waals surface area contributed by atoms with E-state index < -0.39 is 41.4 Å². The van der Waals surface area contributed by atoms with Crippen LogP contribution in [-0.2, 0) is 61.8 Å². The number of nitrogens with one attached hydrogen (secondary N) is 2. The number of ether oxygens (including phenoxy) is 11. The topological polar surface area (TPSA) is 228 Å². The van der Waals surface area contributed by atoms with E-state index in [9.17, 15) is 31.9 Å². The largest absolute Gasteiger partial charge is 0.420 e. The molecule has 2 aromatic rings. The number of halogens is 4. The van der Waals surface area contributed by atoms with E-state index in [1.54, 1.807) is 6.08 Å². The summed E-state index contributed by atoms with van der Waals surface area (Å²) >= 11 is 1.48. The van der Waals surface area contributed by atoms with Crippen molar-refractivity contribution in [3.63, 3.8) is 0 Å². The number of benzene rings is 1. The summed E-state index contributed by atoms with van der Waals surface area (Å²) in [7, 11) is 0. The van der Waals surface area contributed by atoms with Crippen LogP contribution >= 0.6 is 11.3 Å². The first-order valence-electron chi connectivity index (χ1n) is 22.5. The molecule has 0 atom stereocenters. The van der Waals surface area contributed by atoms with Crippen molar-refractivity contribution in [2.24, 2.45) is 10.7 Å². The highest BCUT2D eigenvalue weighted by atomic mass is 32.1. The molecule has 25 heteroatoms. The van der Waals surface area contributed by atoms with Gasteiger partial charge in [0.05, 0.1) is 156 Å². The predicted octanol–water partition coefficient (Wildman–Crippen LogP) is 3.71. The number of esters is 1. The molecule has 1 aromatic carbocycles. The van der Waals surface area contributed by atoms with Crippen LogP contribution in [0.3, 0.4) is 0 Å². The van der Waals surface area contributed by atoms with Crippen LogP contribution in [0.1, 0.15) is 31.1 Å². The van der Waals surface area contributed by atoms with Crippen molar-refractivity contribution in [2.45, 2.75) is 26.2 Å². The number of hydroxylamine groups is 2. The van der Waals surface area contributed by atoms with Gasteiger partial charge in [-0.05, 0) is 23.9 Å². The molecule has 0 saturated carbocycles. The second-order valence-electron chi connectivity index (χ2n) is 14.2. The smallest absolute Gasteiger partial charge is 0.314 e. The van der Waals surface area contributed by atoms with Gasteiger partial charge in [0.15, 0.2) is 11.6 Å². The summed E-state index contributed by atoms with van der Waals surface area (Å²) in [6.45, 7) is 9.59. The molecule has 2 heterocycles. The van der Waals surface area contributed by atoms with Crippen LogP contribution in [0.15, 0.2) is 28.1 Å². The summed E-state index contributed by atoms with van der Waals surface area (Å²) in [5, 5.41) is 8.60. The Hall–Kier alpha value is -4.38. The standard InChI is InChI=1S/C44H65F4N5O15S/c1-2-7-53(43(55)33-30-37-36(4-29-69-37)52-38(49)31-33)67-10-6-51-44(56)50-5-9-58-12-14-60-16-18-62-20-22-64-24-26-66-28-27-65-25-23-63-21-19-61-17-15-59-13-11-57-8-3-39(54)68-42-40(47)34(45)32-35(46)41(42)48/h4,29-30,32H,2-3,5-28,31H2,1H3,(H2,49,52)(H2,50,51,56). The summed E-state index contributed by atoms with van der Waals surface area (Å²) in [5.74, 6) is -9.46. The number of urea groups is 1. The van der Waals surface area contributed by atoms with E-state index in [1.165, 1.54) is 16.4 Å². The second kappa shape index (κ2) is 37.4. The highest BCUT2D eigenvalue weighted by Gasteiger charge is 2.24. The van der Waals surface area contributed by atoms with Gasteiger partial charge in [-0.2, -0.15) is 8.78 Å². The molecule has 0 spiro atoms. The highest BCUT2D eigenvalue weighted by Crippen LogP contribution is 2.31. The van der Waals surface area contributed by atoms with Gasteiger partial charge < -0.3 is 68.5 Å². The van der Waals surface area contributed by atoms with Gasteiger partial charge in [-0.15, -0.1) is 11.3 Å². The number of hydrogen-bond donors (Lipinski definition) is 3. The normalized spacial score (nSPS) is 12.3. The van der Waals surface area contributed by atoms with E-state index >= 15 is 0 Å². The molecule has 0 fully saturated rings. The maximum atomic E-state index is 13.6. The molecule has 3 rings (SSSR count). The fraction of sp³-hybridized carbons (Fsp3) is 0.636. The molecular formula is C44H65F4N5O15S. The Morgan fingerprint density at radius 1 is 0.652 bits per heavy atom. The number of rotatable bonds is 41. The zero-order chi connectivity index (χ0) is 49.7. The van der Waals surface area contributed by atoms with Crippen LogP contribution in [0.4, 0.5) is 28.0 Å². The SMILES string of the molecule is CCCN(OCCNC(=O)NCCOCCOCCOCCOCCOCCOCCOCCOCCOCCOCCC(=O)Oc1c(F)c(F)cc(F)c1F)C(=O)C1=Cc2sccc2N=C(N)C1. The average Bonchev–Trinajstić information content (AvgIpc) is 3.70. The van der Waals surface area contributed by atoms with Gasteiger partial charge in [0.1, 0.15) is 5.84 Å². The van der Waals surface area contributed by atoms with Crippen molar-refractivity contribution in [1.82, 2.24) is 15.7 Å². The monoisotopic (exact) mass is 1010 g/mol. The third-order valence-corrected chi connectivity index (χ3v) is 9.65. The van der Waals surface area contributed by atoms with Crippen molar-refractivity contribution in [2.75, 3.05) is 158 Å². The number of amides is 3. The van der Waals surface area contributed by atoms with E-state index in [0.29, 0.717) is 137 Å². The Bertz CT molecular complexity index is 1810. The van der Waals surface area contributed by atoms with Gasteiger partial charge >= 0.3 is 12.0 Å². The van der Waals surface area contributed by atoms with Crippen LogP contribution < -0.4 is 21.1 Å². The fourth-order valence-electron chi connectivity index (χ4n) is 5.50. The zero-order valence-corrected chi connectivity index (χ0v) is 39.7. The molecule has 0 saturated heterocycles. The van der Waals surface area contributed by atoms with Gasteiger partial charge in [-0.25, -0.2) is 23.6 Å². The van der Waals surface area contributed by atoms with Crippen molar-refractivity contribution in [1.29, 1.82) is 0 Å². The number of aliphatic imine (C=N–C) groups is 1. The first-order valence-corrected chi connectivity index (χ1v) is 23.4. The molecule has 0 radical (unpaired) electrons. The lowest BCUT2D eigenvalue weighted by atomic mass is 10.1. The van der Waals surface area contributed by atoms with Crippen LogP contribution in [0.2, 0.25) is 0 Å². The molecule has 0 aliphatic carbocycles. The average molecular weight is 1010 g/mol. The third-order valence-electron chi connectivity index (χ3n) is 8.79. The van der Waals surface area contributed by atoms with Gasteiger partial charge in [0.25, 0.3) is 5.91 Å². The Kier molecular flexibility index (Phi) is 32.0. The summed E-state index contributed by atoms with van der Waals surface area (Å²) in [6, 6.07) is 1.50. The van der Waals surface area contributed by atoms with Crippen molar-refractivity contribution in [3.8, 4) is 5.75 Å². The minimum atomic E-state index is -1.80. The van der Waals surface area contributed by atoms with E-state index in [-0.39, 0.29) is 64.0 Å². The maximum absolute atomic E-state index is 13.6. The summed E-state index contributed by atoms with van der Waals surface area (Å²) in [5.41, 5.74) is 7.26. The third kappa shape index (κ3) is 26.4. The molecule has 69 heavy (non-hydrogen) atoms. The van der Waals surface area contributed by atoms with E-state index in [4.69, 9.17) is 57.9 Å².